The highest BCUT2D eigenvalue weighted by atomic mass is 32.2. The SMILES string of the molecule is CC(C)CN(C)S(=O)(=O)c1ccc2oc(=O)[nH]c2c1. The fourth-order valence-corrected chi connectivity index (χ4v) is 3.24. The number of fused-ring (bicyclic) bond motifs is 1. The zero-order valence-corrected chi connectivity index (χ0v) is 11.8. The van der Waals surface area contributed by atoms with E-state index in [9.17, 15) is 13.2 Å². The monoisotopic (exact) mass is 284 g/mol. The van der Waals surface area contributed by atoms with E-state index in [2.05, 4.69) is 4.98 Å². The lowest BCUT2D eigenvalue weighted by Gasteiger charge is -2.19. The average molecular weight is 284 g/mol. The Kier molecular flexibility index (Phi) is 3.51. The normalized spacial score (nSPS) is 12.7. The summed E-state index contributed by atoms with van der Waals surface area (Å²) in [5, 5.41) is 0. The van der Waals surface area contributed by atoms with Crippen molar-refractivity contribution in [2.45, 2.75) is 18.7 Å². The summed E-state index contributed by atoms with van der Waals surface area (Å²) in [6, 6.07) is 4.32. The number of nitrogens with zero attached hydrogens (tertiary/aromatic N) is 1. The zero-order valence-electron chi connectivity index (χ0n) is 11.0. The smallest absolute Gasteiger partial charge is 0.408 e. The lowest BCUT2D eigenvalue weighted by atomic mass is 10.2. The van der Waals surface area contributed by atoms with Gasteiger partial charge in [0.15, 0.2) is 5.58 Å². The standard InChI is InChI=1S/C12H16N2O4S/c1-8(2)7-14(3)19(16,17)9-4-5-11-10(6-9)13-12(15)18-11/h4-6,8H,7H2,1-3H3,(H,13,15). The fourth-order valence-electron chi connectivity index (χ4n) is 1.88. The Bertz CT molecular complexity index is 742. The number of oxazole rings is 1. The molecule has 0 bridgehead atoms. The lowest BCUT2D eigenvalue weighted by Crippen LogP contribution is -2.30. The molecule has 0 unspecified atom stereocenters. The van der Waals surface area contributed by atoms with Crippen LogP contribution in [0.1, 0.15) is 13.8 Å². The van der Waals surface area contributed by atoms with Gasteiger partial charge in [0.05, 0.1) is 10.4 Å². The van der Waals surface area contributed by atoms with Gasteiger partial charge in [0.2, 0.25) is 10.0 Å². The number of rotatable bonds is 4. The Morgan fingerprint density at radius 3 is 2.68 bits per heavy atom. The van der Waals surface area contributed by atoms with Crippen molar-refractivity contribution in [2.75, 3.05) is 13.6 Å². The van der Waals surface area contributed by atoms with Gasteiger partial charge in [0.1, 0.15) is 0 Å². The van der Waals surface area contributed by atoms with E-state index in [-0.39, 0.29) is 10.8 Å². The Labute approximate surface area is 111 Å². The van der Waals surface area contributed by atoms with Gasteiger partial charge in [-0.15, -0.1) is 0 Å². The molecule has 0 saturated heterocycles. The van der Waals surface area contributed by atoms with Crippen LogP contribution in [0.25, 0.3) is 11.1 Å². The fraction of sp³-hybridized carbons (Fsp3) is 0.417. The summed E-state index contributed by atoms with van der Waals surface area (Å²) in [6.45, 7) is 4.33. The van der Waals surface area contributed by atoms with Gasteiger partial charge in [-0.1, -0.05) is 13.8 Å². The highest BCUT2D eigenvalue weighted by molar-refractivity contribution is 7.89. The van der Waals surface area contributed by atoms with Crippen molar-refractivity contribution in [1.82, 2.24) is 9.29 Å². The molecule has 6 nitrogen and oxygen atoms in total. The largest absolute Gasteiger partial charge is 0.417 e. The van der Waals surface area contributed by atoms with Gasteiger partial charge in [-0.25, -0.2) is 17.5 Å². The molecule has 1 N–H and O–H groups in total. The van der Waals surface area contributed by atoms with Crippen LogP contribution < -0.4 is 5.76 Å². The van der Waals surface area contributed by atoms with Gasteiger partial charge < -0.3 is 4.42 Å². The van der Waals surface area contributed by atoms with E-state index in [0.29, 0.717) is 17.6 Å². The maximum Gasteiger partial charge on any atom is 0.417 e. The highest BCUT2D eigenvalue weighted by Gasteiger charge is 2.22. The predicted molar refractivity (Wildman–Crippen MR) is 71.5 cm³/mol. The molecule has 0 atom stereocenters. The molecule has 1 heterocycles. The van der Waals surface area contributed by atoms with E-state index < -0.39 is 15.8 Å². The first kappa shape index (κ1) is 13.8. The van der Waals surface area contributed by atoms with Crippen molar-refractivity contribution < 1.29 is 12.8 Å². The molecule has 0 radical (unpaired) electrons. The molecule has 1 aromatic heterocycles. The number of aromatic amines is 1. The Morgan fingerprint density at radius 2 is 2.05 bits per heavy atom. The number of aromatic nitrogens is 1. The second-order valence-electron chi connectivity index (χ2n) is 4.85. The van der Waals surface area contributed by atoms with Crippen molar-refractivity contribution >= 4 is 21.1 Å². The summed E-state index contributed by atoms with van der Waals surface area (Å²) in [7, 11) is -2.01. The molecule has 104 valence electrons. The van der Waals surface area contributed by atoms with Gasteiger partial charge in [-0.3, -0.25) is 4.98 Å². The minimum Gasteiger partial charge on any atom is -0.408 e. The number of hydrogen-bond acceptors (Lipinski definition) is 4. The molecule has 2 aromatic rings. The van der Waals surface area contributed by atoms with Crippen molar-refractivity contribution in [1.29, 1.82) is 0 Å². The van der Waals surface area contributed by atoms with Crippen LogP contribution in [0.15, 0.2) is 32.3 Å². The van der Waals surface area contributed by atoms with E-state index in [0.717, 1.165) is 0 Å². The van der Waals surface area contributed by atoms with Gasteiger partial charge >= 0.3 is 5.76 Å². The van der Waals surface area contributed by atoms with Crippen LogP contribution in [-0.2, 0) is 10.0 Å². The summed E-state index contributed by atoms with van der Waals surface area (Å²) < 4.78 is 30.8. The Balaban J connectivity index is 2.45. The van der Waals surface area contributed by atoms with Crippen LogP contribution in [-0.4, -0.2) is 31.3 Å². The first-order valence-electron chi connectivity index (χ1n) is 5.90. The summed E-state index contributed by atoms with van der Waals surface area (Å²) in [5.74, 6) is -0.364. The van der Waals surface area contributed by atoms with Gasteiger partial charge in [0, 0.05) is 13.6 Å². The molecule has 0 spiro atoms. The molecule has 0 aliphatic rings. The number of nitrogens with one attached hydrogen (secondary N) is 1. The van der Waals surface area contributed by atoms with Gasteiger partial charge in [-0.2, -0.15) is 0 Å². The summed E-state index contributed by atoms with van der Waals surface area (Å²) in [6.07, 6.45) is 0. The van der Waals surface area contributed by atoms with Crippen molar-refractivity contribution in [2.24, 2.45) is 5.92 Å². The topological polar surface area (TPSA) is 83.4 Å². The molecule has 7 heteroatoms. The van der Waals surface area contributed by atoms with Crippen molar-refractivity contribution in [3.05, 3.63) is 28.7 Å². The molecule has 1 aromatic carbocycles. The first-order chi connectivity index (χ1) is 8.80. The summed E-state index contributed by atoms with van der Waals surface area (Å²) in [4.78, 5) is 13.6. The van der Waals surface area contributed by atoms with Crippen LogP contribution in [0, 0.1) is 5.92 Å². The second-order valence-corrected chi connectivity index (χ2v) is 6.90. The maximum atomic E-state index is 12.3. The number of H-pyrrole nitrogens is 1. The molecule has 0 saturated carbocycles. The van der Waals surface area contributed by atoms with E-state index in [1.807, 2.05) is 13.8 Å². The maximum absolute atomic E-state index is 12.3. The number of sulfonamides is 1. The minimum atomic E-state index is -3.55. The summed E-state index contributed by atoms with van der Waals surface area (Å²) >= 11 is 0. The van der Waals surface area contributed by atoms with E-state index >= 15 is 0 Å². The average Bonchev–Trinajstić information content (AvgIpc) is 2.66. The Hall–Kier alpha value is -1.60. The molecular weight excluding hydrogens is 268 g/mol. The molecule has 2 rings (SSSR count). The molecule has 0 aliphatic heterocycles. The highest BCUT2D eigenvalue weighted by Crippen LogP contribution is 2.19. The molecule has 0 aliphatic carbocycles. The third kappa shape index (κ3) is 2.71. The van der Waals surface area contributed by atoms with Crippen molar-refractivity contribution in [3.63, 3.8) is 0 Å². The third-order valence-corrected chi connectivity index (χ3v) is 4.54. The molecule has 19 heavy (non-hydrogen) atoms. The molecular formula is C12H16N2O4S. The summed E-state index contributed by atoms with van der Waals surface area (Å²) in [5.41, 5.74) is 0.722. The van der Waals surface area contributed by atoms with Crippen LogP contribution in [0.4, 0.5) is 0 Å². The van der Waals surface area contributed by atoms with Crippen LogP contribution in [0.5, 0.6) is 0 Å². The van der Waals surface area contributed by atoms with Crippen LogP contribution >= 0.6 is 0 Å². The van der Waals surface area contributed by atoms with Gasteiger partial charge in [-0.05, 0) is 24.1 Å². The Morgan fingerprint density at radius 1 is 1.37 bits per heavy atom. The first-order valence-corrected chi connectivity index (χ1v) is 7.34. The third-order valence-electron chi connectivity index (χ3n) is 2.72. The lowest BCUT2D eigenvalue weighted by molar-refractivity contribution is 0.417. The molecule has 0 fully saturated rings. The molecule has 0 amide bonds. The van der Waals surface area contributed by atoms with E-state index in [1.165, 1.54) is 29.6 Å². The number of hydrogen-bond donors (Lipinski definition) is 1. The van der Waals surface area contributed by atoms with Crippen LogP contribution in [0.2, 0.25) is 0 Å². The number of benzene rings is 1. The second kappa shape index (κ2) is 4.82. The van der Waals surface area contributed by atoms with Crippen molar-refractivity contribution in [3.8, 4) is 0 Å². The van der Waals surface area contributed by atoms with E-state index in [4.69, 9.17) is 4.42 Å². The van der Waals surface area contributed by atoms with Gasteiger partial charge in [0.25, 0.3) is 0 Å². The predicted octanol–water partition coefficient (Wildman–Crippen LogP) is 1.40. The minimum absolute atomic E-state index is 0.139. The quantitative estimate of drug-likeness (QED) is 0.919. The zero-order chi connectivity index (χ0) is 14.2. The van der Waals surface area contributed by atoms with Crippen LogP contribution in [0.3, 0.4) is 0 Å². The van der Waals surface area contributed by atoms with E-state index in [1.54, 1.807) is 0 Å².